The molecule has 0 aromatic carbocycles. The van der Waals surface area contributed by atoms with E-state index in [1.54, 1.807) is 6.20 Å². The first kappa shape index (κ1) is 14.3. The minimum Gasteiger partial charge on any atom is -0.369 e. The maximum Gasteiger partial charge on any atom is 0.202 e. The van der Waals surface area contributed by atoms with Crippen LogP contribution in [0.4, 0.5) is 5.95 Å². The van der Waals surface area contributed by atoms with Crippen LogP contribution in [0.3, 0.4) is 0 Å². The van der Waals surface area contributed by atoms with E-state index in [0.717, 1.165) is 28.6 Å². The first-order chi connectivity index (χ1) is 9.22. The summed E-state index contributed by atoms with van der Waals surface area (Å²) in [6.45, 7) is 3.14. The Morgan fingerprint density at radius 3 is 2.74 bits per heavy atom. The molecule has 0 spiro atoms. The van der Waals surface area contributed by atoms with E-state index in [0.29, 0.717) is 5.95 Å². The molecular formula is C14H21BrN4. The van der Waals surface area contributed by atoms with Crippen molar-refractivity contribution < 1.29 is 0 Å². The minimum absolute atomic E-state index is 0.564. The average molecular weight is 325 g/mol. The standard InChI is InChI=1S/C14H21BrN4/c1-2-3-4-5-6-7-8-19-13-12(18-14(19)16)9-11(15)10-17-13/h9-10H,2-8H2,1H3,(H2,16,18). The Morgan fingerprint density at radius 1 is 1.21 bits per heavy atom. The van der Waals surface area contributed by atoms with Gasteiger partial charge in [0.25, 0.3) is 0 Å². The van der Waals surface area contributed by atoms with Crippen molar-refractivity contribution >= 4 is 33.0 Å². The number of nitrogens with zero attached hydrogens (tertiary/aromatic N) is 3. The van der Waals surface area contributed by atoms with Gasteiger partial charge in [0, 0.05) is 17.2 Å². The van der Waals surface area contributed by atoms with Gasteiger partial charge in [0.05, 0.1) is 0 Å². The zero-order valence-electron chi connectivity index (χ0n) is 11.4. The quantitative estimate of drug-likeness (QED) is 0.779. The lowest BCUT2D eigenvalue weighted by Gasteiger charge is -2.05. The van der Waals surface area contributed by atoms with Gasteiger partial charge in [-0.15, -0.1) is 0 Å². The molecule has 0 amide bonds. The van der Waals surface area contributed by atoms with E-state index in [1.807, 2.05) is 10.6 Å². The molecule has 5 heteroatoms. The van der Waals surface area contributed by atoms with Crippen LogP contribution in [0.2, 0.25) is 0 Å². The number of fused-ring (bicyclic) bond motifs is 1. The molecule has 0 bridgehead atoms. The van der Waals surface area contributed by atoms with E-state index in [-0.39, 0.29) is 0 Å². The van der Waals surface area contributed by atoms with Crippen LogP contribution < -0.4 is 5.73 Å². The van der Waals surface area contributed by atoms with Crippen LogP contribution in [0, 0.1) is 0 Å². The summed E-state index contributed by atoms with van der Waals surface area (Å²) in [5, 5.41) is 0. The van der Waals surface area contributed by atoms with Crippen molar-refractivity contribution in [1.29, 1.82) is 0 Å². The number of rotatable bonds is 7. The number of pyridine rings is 1. The van der Waals surface area contributed by atoms with Crippen molar-refractivity contribution in [3.63, 3.8) is 0 Å². The van der Waals surface area contributed by atoms with Gasteiger partial charge in [-0.05, 0) is 28.4 Å². The van der Waals surface area contributed by atoms with Gasteiger partial charge in [0.15, 0.2) is 5.65 Å². The zero-order valence-corrected chi connectivity index (χ0v) is 13.0. The fraction of sp³-hybridized carbons (Fsp3) is 0.571. The van der Waals surface area contributed by atoms with Gasteiger partial charge in [-0.1, -0.05) is 39.0 Å². The Kier molecular flexibility index (Phi) is 5.19. The Morgan fingerprint density at radius 2 is 1.95 bits per heavy atom. The van der Waals surface area contributed by atoms with Crippen LogP contribution >= 0.6 is 15.9 Å². The summed E-state index contributed by atoms with van der Waals surface area (Å²) in [5.74, 6) is 0.564. The van der Waals surface area contributed by atoms with Crippen LogP contribution in [0.1, 0.15) is 45.4 Å². The summed E-state index contributed by atoms with van der Waals surface area (Å²) >= 11 is 3.40. The Bertz CT molecular complexity index is 535. The molecule has 19 heavy (non-hydrogen) atoms. The molecular weight excluding hydrogens is 304 g/mol. The third-order valence-electron chi connectivity index (χ3n) is 3.32. The van der Waals surface area contributed by atoms with Crippen LogP contribution in [-0.4, -0.2) is 14.5 Å². The lowest BCUT2D eigenvalue weighted by Crippen LogP contribution is -2.04. The monoisotopic (exact) mass is 324 g/mol. The second kappa shape index (κ2) is 6.89. The van der Waals surface area contributed by atoms with Crippen LogP contribution in [0.25, 0.3) is 11.2 Å². The number of imidazole rings is 1. The van der Waals surface area contributed by atoms with Gasteiger partial charge < -0.3 is 5.73 Å². The minimum atomic E-state index is 0.564. The summed E-state index contributed by atoms with van der Waals surface area (Å²) in [6.07, 6.45) is 9.44. The maximum absolute atomic E-state index is 5.96. The molecule has 0 saturated carbocycles. The van der Waals surface area contributed by atoms with E-state index in [4.69, 9.17) is 5.73 Å². The van der Waals surface area contributed by atoms with E-state index in [2.05, 4.69) is 32.8 Å². The lowest BCUT2D eigenvalue weighted by molar-refractivity contribution is 0.565. The predicted molar refractivity (Wildman–Crippen MR) is 83.0 cm³/mol. The number of aromatic nitrogens is 3. The van der Waals surface area contributed by atoms with Gasteiger partial charge in [-0.25, -0.2) is 9.97 Å². The molecule has 0 fully saturated rings. The van der Waals surface area contributed by atoms with Crippen molar-refractivity contribution in [2.45, 2.75) is 52.0 Å². The fourth-order valence-electron chi connectivity index (χ4n) is 2.27. The van der Waals surface area contributed by atoms with Gasteiger partial charge in [0.2, 0.25) is 5.95 Å². The summed E-state index contributed by atoms with van der Waals surface area (Å²) in [7, 11) is 0. The summed E-state index contributed by atoms with van der Waals surface area (Å²) in [5.41, 5.74) is 7.71. The van der Waals surface area contributed by atoms with Crippen molar-refractivity contribution in [3.8, 4) is 0 Å². The lowest BCUT2D eigenvalue weighted by atomic mass is 10.1. The largest absolute Gasteiger partial charge is 0.369 e. The SMILES string of the molecule is CCCCCCCCn1c(N)nc2cc(Br)cnc21. The number of hydrogen-bond acceptors (Lipinski definition) is 3. The smallest absolute Gasteiger partial charge is 0.202 e. The van der Waals surface area contributed by atoms with E-state index < -0.39 is 0 Å². The van der Waals surface area contributed by atoms with Crippen molar-refractivity contribution in [2.75, 3.05) is 5.73 Å². The molecule has 0 radical (unpaired) electrons. The van der Waals surface area contributed by atoms with Crippen LogP contribution in [0.5, 0.6) is 0 Å². The van der Waals surface area contributed by atoms with E-state index in [9.17, 15) is 0 Å². The molecule has 0 aliphatic rings. The van der Waals surface area contributed by atoms with Crippen molar-refractivity contribution in [3.05, 3.63) is 16.7 Å². The fourth-order valence-corrected chi connectivity index (χ4v) is 2.59. The molecule has 4 nitrogen and oxygen atoms in total. The summed E-state index contributed by atoms with van der Waals surface area (Å²) in [4.78, 5) is 8.75. The summed E-state index contributed by atoms with van der Waals surface area (Å²) in [6, 6.07) is 1.95. The highest BCUT2D eigenvalue weighted by molar-refractivity contribution is 9.10. The zero-order chi connectivity index (χ0) is 13.7. The molecule has 0 atom stereocenters. The highest BCUT2D eigenvalue weighted by atomic mass is 79.9. The Labute approximate surface area is 122 Å². The van der Waals surface area contributed by atoms with Crippen LogP contribution in [0.15, 0.2) is 16.7 Å². The average Bonchev–Trinajstić information content (AvgIpc) is 2.69. The molecule has 2 heterocycles. The van der Waals surface area contributed by atoms with Crippen molar-refractivity contribution in [2.24, 2.45) is 0 Å². The van der Waals surface area contributed by atoms with Gasteiger partial charge >= 0.3 is 0 Å². The number of halogens is 1. The van der Waals surface area contributed by atoms with Crippen molar-refractivity contribution in [1.82, 2.24) is 14.5 Å². The first-order valence-corrected chi connectivity index (χ1v) is 7.79. The van der Waals surface area contributed by atoms with E-state index >= 15 is 0 Å². The molecule has 2 rings (SSSR count). The molecule has 0 unspecified atom stereocenters. The molecule has 104 valence electrons. The Balaban J connectivity index is 1.95. The van der Waals surface area contributed by atoms with Gasteiger partial charge in [-0.2, -0.15) is 0 Å². The Hall–Kier alpha value is -1.10. The molecule has 0 aliphatic carbocycles. The summed E-state index contributed by atoms with van der Waals surface area (Å²) < 4.78 is 2.95. The second-order valence-electron chi connectivity index (χ2n) is 4.89. The molecule has 0 aliphatic heterocycles. The highest BCUT2D eigenvalue weighted by Crippen LogP contribution is 2.20. The third kappa shape index (κ3) is 3.69. The highest BCUT2D eigenvalue weighted by Gasteiger charge is 2.09. The number of nitrogens with two attached hydrogens (primary N) is 1. The van der Waals surface area contributed by atoms with Gasteiger partial charge in [0.1, 0.15) is 5.52 Å². The number of anilines is 1. The predicted octanol–water partition coefficient (Wildman–Crippen LogP) is 4.14. The number of hydrogen-bond donors (Lipinski definition) is 1. The van der Waals surface area contributed by atoms with Gasteiger partial charge in [-0.3, -0.25) is 4.57 Å². The number of aryl methyl sites for hydroxylation is 1. The topological polar surface area (TPSA) is 56.7 Å². The third-order valence-corrected chi connectivity index (χ3v) is 3.75. The first-order valence-electron chi connectivity index (χ1n) is 6.99. The second-order valence-corrected chi connectivity index (χ2v) is 5.80. The van der Waals surface area contributed by atoms with E-state index in [1.165, 1.54) is 32.1 Å². The molecule has 2 N–H and O–H groups in total. The number of unbranched alkanes of at least 4 members (excludes halogenated alkanes) is 5. The molecule has 2 aromatic heterocycles. The van der Waals surface area contributed by atoms with Crippen LogP contribution in [-0.2, 0) is 6.54 Å². The molecule has 2 aromatic rings. The normalized spacial score (nSPS) is 11.3. The molecule has 0 saturated heterocycles. The number of nitrogen functional groups attached to an aromatic ring is 1. The maximum atomic E-state index is 5.96.